The van der Waals surface area contributed by atoms with Gasteiger partial charge in [-0.3, -0.25) is 14.9 Å². The summed E-state index contributed by atoms with van der Waals surface area (Å²) in [5.74, 6) is -1.47. The van der Waals surface area contributed by atoms with Crippen LogP contribution in [0.1, 0.15) is 31.4 Å². The molecule has 11 heteroatoms. The summed E-state index contributed by atoms with van der Waals surface area (Å²) in [5, 5.41) is 23.4. The van der Waals surface area contributed by atoms with E-state index in [4.69, 9.17) is 5.41 Å². The van der Waals surface area contributed by atoms with Gasteiger partial charge in [0.05, 0.1) is 29.6 Å². The van der Waals surface area contributed by atoms with Gasteiger partial charge in [-0.15, -0.1) is 0 Å². The molecule has 1 aromatic heterocycles. The fourth-order valence-electron chi connectivity index (χ4n) is 3.94. The number of alkyl halides is 3. The molecular weight excluding hydrogens is 440 g/mol. The van der Waals surface area contributed by atoms with Crippen LogP contribution in [0.5, 0.6) is 0 Å². The van der Waals surface area contributed by atoms with Gasteiger partial charge in [0.2, 0.25) is 0 Å². The van der Waals surface area contributed by atoms with E-state index in [2.05, 4.69) is 15.1 Å². The molecule has 180 valence electrons. The summed E-state index contributed by atoms with van der Waals surface area (Å²) in [6.07, 6.45) is 6.20. The fraction of sp³-hybridized carbons (Fsp3) is 0.500. The van der Waals surface area contributed by atoms with Crippen molar-refractivity contribution in [3.8, 4) is 0 Å². The largest absolute Gasteiger partial charge is 0.407 e. The highest BCUT2D eigenvalue weighted by Gasteiger charge is 2.41. The maximum atomic E-state index is 13.8. The molecule has 33 heavy (non-hydrogen) atoms. The summed E-state index contributed by atoms with van der Waals surface area (Å²) in [6, 6.07) is 1.60. The molecule has 1 aromatic rings. The van der Waals surface area contributed by atoms with Gasteiger partial charge < -0.3 is 15.5 Å². The minimum absolute atomic E-state index is 0.122. The van der Waals surface area contributed by atoms with E-state index < -0.39 is 36.7 Å². The Morgan fingerprint density at radius 3 is 2.64 bits per heavy atom. The molecule has 0 bridgehead atoms. The maximum absolute atomic E-state index is 13.8. The van der Waals surface area contributed by atoms with Crippen LogP contribution in [0.15, 0.2) is 48.0 Å². The van der Waals surface area contributed by atoms with Gasteiger partial charge in [0.1, 0.15) is 18.6 Å². The number of hydrogen-bond donors (Lipinski definition) is 3. The normalized spacial score (nSPS) is 23.2. The summed E-state index contributed by atoms with van der Waals surface area (Å²) in [6.45, 7) is 0.0792. The van der Waals surface area contributed by atoms with Crippen LogP contribution < -0.4 is 0 Å². The topological polar surface area (TPSA) is 91.6 Å². The lowest BCUT2D eigenvalue weighted by Crippen LogP contribution is -2.39. The molecule has 2 aliphatic heterocycles. The van der Waals surface area contributed by atoms with Crippen LogP contribution >= 0.6 is 0 Å². The predicted octanol–water partition coefficient (Wildman–Crippen LogP) is 3.64. The zero-order valence-electron chi connectivity index (χ0n) is 18.0. The Bertz CT molecular complexity index is 906. The molecule has 2 aliphatic rings. The lowest BCUT2D eigenvalue weighted by Gasteiger charge is -2.27. The van der Waals surface area contributed by atoms with Crippen molar-refractivity contribution in [1.82, 2.24) is 19.9 Å². The number of nitrogens with zero attached hydrogens (tertiary/aromatic N) is 4. The Labute approximate surface area is 189 Å². The second kappa shape index (κ2) is 11.4. The second-order valence-corrected chi connectivity index (χ2v) is 8.00. The van der Waals surface area contributed by atoms with Crippen LogP contribution in [0.25, 0.3) is 0 Å². The molecule has 3 rings (SSSR count). The van der Waals surface area contributed by atoms with E-state index in [1.807, 2.05) is 4.90 Å². The quantitative estimate of drug-likeness (QED) is 0.338. The molecule has 0 saturated carbocycles. The first-order valence-electron chi connectivity index (χ1n) is 10.8. The number of halogens is 4. The van der Waals surface area contributed by atoms with Crippen LogP contribution in [0, 0.1) is 17.1 Å². The van der Waals surface area contributed by atoms with Gasteiger partial charge in [0.25, 0.3) is 0 Å². The van der Waals surface area contributed by atoms with E-state index >= 15 is 0 Å². The van der Waals surface area contributed by atoms with Crippen LogP contribution in [0.4, 0.5) is 17.6 Å². The minimum Gasteiger partial charge on any atom is -0.375 e. The number of aromatic nitrogens is 2. The molecule has 0 radical (unpaired) electrons. The molecule has 0 aliphatic carbocycles. The number of aliphatic hydroxyl groups is 1. The molecule has 3 atom stereocenters. The number of likely N-dealkylation sites (tertiary alicyclic amines) is 1. The van der Waals surface area contributed by atoms with E-state index in [0.29, 0.717) is 13.1 Å². The van der Waals surface area contributed by atoms with Crippen molar-refractivity contribution in [2.24, 2.45) is 11.0 Å². The summed E-state index contributed by atoms with van der Waals surface area (Å²) < 4.78 is 53.6. The lowest BCUT2D eigenvalue weighted by molar-refractivity contribution is -0.147. The van der Waals surface area contributed by atoms with Crippen molar-refractivity contribution in [2.75, 3.05) is 19.6 Å². The van der Waals surface area contributed by atoms with Gasteiger partial charge in [0, 0.05) is 31.7 Å². The Kier molecular flexibility index (Phi) is 8.56. The third-order valence-corrected chi connectivity index (χ3v) is 5.55. The maximum Gasteiger partial charge on any atom is 0.407 e. The van der Waals surface area contributed by atoms with Crippen LogP contribution in [0.3, 0.4) is 0 Å². The van der Waals surface area contributed by atoms with Crippen molar-refractivity contribution in [1.29, 1.82) is 5.41 Å². The first kappa shape index (κ1) is 24.8. The molecular formula is C22H28F4N6O. The Hall–Kier alpha value is -2.79. The van der Waals surface area contributed by atoms with E-state index in [9.17, 15) is 22.7 Å². The SMILES string of the molecule is N=CC1C(c2cncccc(F)c[nH]2)=NN(CC(F)(F)F)C1/C=C/C(O)N1CCCCCC1. The van der Waals surface area contributed by atoms with Gasteiger partial charge in [-0.2, -0.15) is 18.3 Å². The molecule has 1 saturated heterocycles. The van der Waals surface area contributed by atoms with Gasteiger partial charge in [-0.1, -0.05) is 18.9 Å². The summed E-state index contributed by atoms with van der Waals surface area (Å²) >= 11 is 0. The number of aliphatic hydroxyl groups excluding tert-OH is 1. The van der Waals surface area contributed by atoms with Gasteiger partial charge >= 0.3 is 6.18 Å². The number of H-pyrrole nitrogens is 1. The number of hydrazone groups is 1. The molecule has 0 aromatic carbocycles. The molecule has 0 spiro atoms. The fourth-order valence-corrected chi connectivity index (χ4v) is 3.94. The van der Waals surface area contributed by atoms with Crippen molar-refractivity contribution >= 4 is 11.9 Å². The van der Waals surface area contributed by atoms with Crippen LogP contribution in [-0.4, -0.2) is 75.0 Å². The highest BCUT2D eigenvalue weighted by molar-refractivity contribution is 6.09. The van der Waals surface area contributed by atoms with Crippen LogP contribution in [-0.2, 0) is 0 Å². The molecule has 1 fully saturated rings. The third kappa shape index (κ3) is 7.10. The van der Waals surface area contributed by atoms with E-state index in [0.717, 1.165) is 43.1 Å². The van der Waals surface area contributed by atoms with E-state index in [1.54, 1.807) is 0 Å². The standard InChI is InChI=1S/C22H28F4N6O/c23-16-6-5-9-28-14-18(29-13-16)21-17(12-27)19(32(30-21)15-22(24,25)26)7-8-20(33)31-10-3-1-2-4-11-31/h5-9,12-14,17,19-20,27,29,33H,1-4,10-11,15H2/b6-5?,8-7+,16-13?,18-14?,27-12?,28-9?. The van der Waals surface area contributed by atoms with Gasteiger partial charge in [0.15, 0.2) is 0 Å². The van der Waals surface area contributed by atoms with Crippen LogP contribution in [0.2, 0.25) is 0 Å². The van der Waals surface area contributed by atoms with E-state index in [-0.39, 0.29) is 11.4 Å². The Morgan fingerprint density at radius 1 is 1.24 bits per heavy atom. The Morgan fingerprint density at radius 2 is 1.97 bits per heavy atom. The van der Waals surface area contributed by atoms with Crippen molar-refractivity contribution in [3.05, 3.63) is 54.4 Å². The number of rotatable bonds is 6. The predicted molar refractivity (Wildman–Crippen MR) is 117 cm³/mol. The second-order valence-electron chi connectivity index (χ2n) is 8.00. The monoisotopic (exact) mass is 468 g/mol. The van der Waals surface area contributed by atoms with Gasteiger partial charge in [-0.25, -0.2) is 4.39 Å². The highest BCUT2D eigenvalue weighted by Crippen LogP contribution is 2.29. The molecule has 7 nitrogen and oxygen atoms in total. The van der Waals surface area contributed by atoms with Gasteiger partial charge in [-0.05, 0) is 31.1 Å². The third-order valence-electron chi connectivity index (χ3n) is 5.55. The van der Waals surface area contributed by atoms with E-state index in [1.165, 1.54) is 36.7 Å². The summed E-state index contributed by atoms with van der Waals surface area (Å²) in [5.41, 5.74) is 0.297. The molecule has 3 heterocycles. The molecule has 3 N–H and O–H groups in total. The summed E-state index contributed by atoms with van der Waals surface area (Å²) in [7, 11) is 0. The average molecular weight is 468 g/mol. The number of nitrogens with one attached hydrogen (secondary N) is 2. The van der Waals surface area contributed by atoms with Crippen molar-refractivity contribution in [2.45, 2.75) is 44.1 Å². The lowest BCUT2D eigenvalue weighted by atomic mass is 9.94. The average Bonchev–Trinajstić information content (AvgIpc) is 2.92. The first-order chi connectivity index (χ1) is 15.8. The molecule has 3 unspecified atom stereocenters. The van der Waals surface area contributed by atoms with Crippen molar-refractivity contribution < 1.29 is 22.7 Å². The smallest absolute Gasteiger partial charge is 0.375 e. The van der Waals surface area contributed by atoms with Crippen molar-refractivity contribution in [3.63, 3.8) is 0 Å². The Balaban J connectivity index is 1.92. The summed E-state index contributed by atoms with van der Waals surface area (Å²) in [4.78, 5) is 8.55. The minimum atomic E-state index is -4.53. The zero-order valence-corrected chi connectivity index (χ0v) is 18.0. The highest BCUT2D eigenvalue weighted by atomic mass is 19.4. The molecule has 0 amide bonds. The zero-order chi connectivity index (χ0) is 23.8. The number of hydrogen-bond acceptors (Lipinski definition) is 6. The number of aromatic amines is 1. The first-order valence-corrected chi connectivity index (χ1v) is 10.8.